The average molecular weight is 229 g/mol. The first-order valence-electron chi connectivity index (χ1n) is 4.89. The van der Waals surface area contributed by atoms with E-state index >= 15 is 0 Å². The minimum absolute atomic E-state index is 0.0599. The Labute approximate surface area is 91.5 Å². The second kappa shape index (κ2) is 4.95. The Morgan fingerprint density at radius 1 is 1.50 bits per heavy atom. The quantitative estimate of drug-likeness (QED) is 0.425. The van der Waals surface area contributed by atoms with Crippen molar-refractivity contribution < 1.29 is 15.0 Å². The molecule has 1 aromatic heterocycles. The van der Waals surface area contributed by atoms with E-state index in [-0.39, 0.29) is 18.9 Å². The molecular formula is C9H15N3O4. The molecular weight excluding hydrogens is 214 g/mol. The van der Waals surface area contributed by atoms with Crippen molar-refractivity contribution in [2.24, 2.45) is 0 Å². The zero-order valence-electron chi connectivity index (χ0n) is 8.91. The Hall–Kier alpha value is -1.60. The summed E-state index contributed by atoms with van der Waals surface area (Å²) in [4.78, 5) is 27.0. The summed E-state index contributed by atoms with van der Waals surface area (Å²) in [5.74, 6) is -0.552. The largest absolute Gasteiger partial charge is 0.394 e. The number of carbonyl (C=O) groups excluding carboxylic acids is 1. The monoisotopic (exact) mass is 229 g/mol. The average Bonchev–Trinajstić information content (AvgIpc) is 2.73. The molecule has 0 aliphatic carbocycles. The van der Waals surface area contributed by atoms with Crippen molar-refractivity contribution in [1.82, 2.24) is 15.3 Å². The maximum absolute atomic E-state index is 11.6. The topological polar surface area (TPSA) is 118 Å². The molecule has 0 bridgehead atoms. The van der Waals surface area contributed by atoms with Gasteiger partial charge in [0.1, 0.15) is 5.69 Å². The van der Waals surface area contributed by atoms with Gasteiger partial charge in [-0.15, -0.1) is 0 Å². The van der Waals surface area contributed by atoms with Crippen LogP contribution in [0, 0.1) is 0 Å². The summed E-state index contributed by atoms with van der Waals surface area (Å²) >= 11 is 0. The van der Waals surface area contributed by atoms with Gasteiger partial charge in [-0.25, -0.2) is 4.79 Å². The van der Waals surface area contributed by atoms with Crippen LogP contribution in [0.25, 0.3) is 0 Å². The molecule has 5 N–H and O–H groups in total. The molecule has 0 aliphatic heterocycles. The molecule has 0 aromatic carbocycles. The van der Waals surface area contributed by atoms with E-state index in [4.69, 9.17) is 10.2 Å². The van der Waals surface area contributed by atoms with Gasteiger partial charge in [0.25, 0.3) is 5.91 Å². The third-order valence-electron chi connectivity index (χ3n) is 2.50. The molecule has 0 fully saturated rings. The number of aliphatic hydroxyl groups excluding tert-OH is 2. The van der Waals surface area contributed by atoms with Gasteiger partial charge in [0.2, 0.25) is 0 Å². The highest BCUT2D eigenvalue weighted by molar-refractivity contribution is 5.92. The summed E-state index contributed by atoms with van der Waals surface area (Å²) in [7, 11) is 0. The van der Waals surface area contributed by atoms with Crippen LogP contribution in [0.5, 0.6) is 0 Å². The molecule has 0 saturated carbocycles. The van der Waals surface area contributed by atoms with Crippen LogP contribution in [0.3, 0.4) is 0 Å². The number of H-pyrrole nitrogens is 2. The van der Waals surface area contributed by atoms with Crippen LogP contribution in [0.4, 0.5) is 0 Å². The van der Waals surface area contributed by atoms with Gasteiger partial charge in [-0.05, 0) is 6.42 Å². The van der Waals surface area contributed by atoms with Crippen LogP contribution < -0.4 is 11.0 Å². The van der Waals surface area contributed by atoms with E-state index in [9.17, 15) is 9.59 Å². The predicted molar refractivity (Wildman–Crippen MR) is 56.1 cm³/mol. The molecule has 0 spiro atoms. The summed E-state index contributed by atoms with van der Waals surface area (Å²) in [6.07, 6.45) is 1.60. The fraction of sp³-hybridized carbons (Fsp3) is 0.556. The Bertz CT molecular complexity index is 397. The summed E-state index contributed by atoms with van der Waals surface area (Å²) < 4.78 is 0. The number of imidazole rings is 1. The lowest BCUT2D eigenvalue weighted by Crippen LogP contribution is -2.53. The van der Waals surface area contributed by atoms with Crippen LogP contribution in [0.2, 0.25) is 0 Å². The maximum atomic E-state index is 11.6. The molecule has 1 aromatic rings. The Balaban J connectivity index is 2.80. The molecule has 0 unspecified atom stereocenters. The lowest BCUT2D eigenvalue weighted by Gasteiger charge is -2.29. The van der Waals surface area contributed by atoms with Gasteiger partial charge >= 0.3 is 5.69 Å². The highest BCUT2D eigenvalue weighted by Gasteiger charge is 2.29. The molecule has 0 saturated heterocycles. The Morgan fingerprint density at radius 2 is 2.12 bits per heavy atom. The number of amides is 1. The minimum Gasteiger partial charge on any atom is -0.394 e. The molecule has 1 rings (SSSR count). The standard InChI is InChI=1S/C9H15N3O4/c1-2-9(4-13,5-14)12-7(15)6-3-10-8(16)11-6/h3,13-14H,2,4-5H2,1H3,(H,12,15)(H2,10,11,16). The van der Waals surface area contributed by atoms with Crippen molar-refractivity contribution in [3.05, 3.63) is 22.4 Å². The number of aliphatic hydroxyl groups is 2. The first kappa shape index (κ1) is 12.5. The molecule has 7 nitrogen and oxygen atoms in total. The molecule has 16 heavy (non-hydrogen) atoms. The smallest absolute Gasteiger partial charge is 0.323 e. The molecule has 0 radical (unpaired) electrons. The Kier molecular flexibility index (Phi) is 3.86. The van der Waals surface area contributed by atoms with Crippen LogP contribution in [0.1, 0.15) is 23.8 Å². The minimum atomic E-state index is -1.06. The van der Waals surface area contributed by atoms with E-state index in [2.05, 4.69) is 15.3 Å². The number of carbonyl (C=O) groups is 1. The van der Waals surface area contributed by atoms with E-state index < -0.39 is 17.1 Å². The second-order valence-electron chi connectivity index (χ2n) is 3.56. The SMILES string of the molecule is CCC(CO)(CO)NC(=O)c1c[nH]c(=O)[nH]1. The van der Waals surface area contributed by atoms with Crippen molar-refractivity contribution in [2.75, 3.05) is 13.2 Å². The first-order chi connectivity index (χ1) is 7.56. The van der Waals surface area contributed by atoms with Gasteiger partial charge in [0.05, 0.1) is 18.8 Å². The lowest BCUT2D eigenvalue weighted by atomic mass is 9.98. The van der Waals surface area contributed by atoms with E-state index in [1.807, 2.05) is 0 Å². The fourth-order valence-corrected chi connectivity index (χ4v) is 1.20. The van der Waals surface area contributed by atoms with Crippen LogP contribution in [0.15, 0.2) is 11.0 Å². The normalized spacial score (nSPS) is 11.4. The molecule has 0 aliphatic rings. The number of rotatable bonds is 5. The van der Waals surface area contributed by atoms with E-state index in [1.54, 1.807) is 6.92 Å². The van der Waals surface area contributed by atoms with Gasteiger partial charge in [-0.3, -0.25) is 4.79 Å². The molecule has 90 valence electrons. The van der Waals surface area contributed by atoms with Gasteiger partial charge in [-0.1, -0.05) is 6.92 Å². The Morgan fingerprint density at radius 3 is 2.50 bits per heavy atom. The molecule has 1 heterocycles. The number of hydrogen-bond donors (Lipinski definition) is 5. The van der Waals surface area contributed by atoms with Gasteiger partial charge in [-0.2, -0.15) is 0 Å². The van der Waals surface area contributed by atoms with Crippen LogP contribution in [-0.4, -0.2) is 44.8 Å². The third-order valence-corrected chi connectivity index (χ3v) is 2.50. The van der Waals surface area contributed by atoms with Crippen molar-refractivity contribution >= 4 is 5.91 Å². The van der Waals surface area contributed by atoms with Gasteiger partial charge in [0, 0.05) is 6.20 Å². The number of hydrogen-bond acceptors (Lipinski definition) is 4. The van der Waals surface area contributed by atoms with Crippen molar-refractivity contribution in [3.8, 4) is 0 Å². The van der Waals surface area contributed by atoms with Gasteiger partial charge < -0.3 is 25.5 Å². The summed E-state index contributed by atoms with van der Waals surface area (Å²) in [6.45, 7) is 0.980. The van der Waals surface area contributed by atoms with Crippen molar-refractivity contribution in [3.63, 3.8) is 0 Å². The summed E-state index contributed by atoms with van der Waals surface area (Å²) in [5, 5.41) is 20.7. The highest BCUT2D eigenvalue weighted by Crippen LogP contribution is 2.09. The number of aromatic nitrogens is 2. The number of nitrogens with one attached hydrogen (secondary N) is 3. The van der Waals surface area contributed by atoms with E-state index in [0.717, 1.165) is 0 Å². The molecule has 0 atom stereocenters. The fourth-order valence-electron chi connectivity index (χ4n) is 1.20. The summed E-state index contributed by atoms with van der Waals surface area (Å²) in [5.41, 5.74) is -1.49. The molecule has 1 amide bonds. The van der Waals surface area contributed by atoms with E-state index in [1.165, 1.54) is 6.20 Å². The van der Waals surface area contributed by atoms with Crippen molar-refractivity contribution in [1.29, 1.82) is 0 Å². The van der Waals surface area contributed by atoms with Crippen molar-refractivity contribution in [2.45, 2.75) is 18.9 Å². The van der Waals surface area contributed by atoms with Gasteiger partial charge in [0.15, 0.2) is 0 Å². The zero-order chi connectivity index (χ0) is 12.2. The zero-order valence-corrected chi connectivity index (χ0v) is 8.91. The third kappa shape index (κ3) is 2.50. The molecule has 7 heteroatoms. The number of aromatic amines is 2. The van der Waals surface area contributed by atoms with Crippen LogP contribution >= 0.6 is 0 Å². The maximum Gasteiger partial charge on any atom is 0.323 e. The predicted octanol–water partition coefficient (Wildman–Crippen LogP) is -1.43. The van der Waals surface area contributed by atoms with Crippen LogP contribution in [-0.2, 0) is 0 Å². The summed E-state index contributed by atoms with van der Waals surface area (Å²) in [6, 6.07) is 0. The highest BCUT2D eigenvalue weighted by atomic mass is 16.3. The van der Waals surface area contributed by atoms with E-state index in [0.29, 0.717) is 6.42 Å². The lowest BCUT2D eigenvalue weighted by molar-refractivity contribution is 0.0649. The first-order valence-corrected chi connectivity index (χ1v) is 4.89. The second-order valence-corrected chi connectivity index (χ2v) is 3.56.